The van der Waals surface area contributed by atoms with E-state index in [9.17, 15) is 18.5 Å². The maximum absolute atomic E-state index is 13.5. The predicted octanol–water partition coefficient (Wildman–Crippen LogP) is 4.29. The molecule has 188 valence electrons. The van der Waals surface area contributed by atoms with Crippen LogP contribution in [0, 0.1) is 11.3 Å². The number of methoxy groups -OCH3 is 1. The molecule has 2 N–H and O–H groups in total. The van der Waals surface area contributed by atoms with Gasteiger partial charge in [-0.3, -0.25) is 4.79 Å². The molecule has 1 aromatic heterocycles. The largest absolute Gasteiger partial charge is 0.497 e. The molecule has 0 aliphatic rings. The Balaban J connectivity index is 1.66. The number of hydrogen-bond acceptors (Lipinski definition) is 8. The maximum Gasteiger partial charge on any atom is 0.221 e. The monoisotopic (exact) mass is 515 g/mol. The number of carbonyl (C=O) groups excluding carboxylic acids is 1. The zero-order valence-corrected chi connectivity index (χ0v) is 21.1. The number of nitrogens with zero attached hydrogens (tertiary/aromatic N) is 3. The third-order valence-electron chi connectivity index (χ3n) is 5.64. The third-order valence-corrected chi connectivity index (χ3v) is 7.52. The number of aromatic nitrogens is 2. The van der Waals surface area contributed by atoms with Crippen molar-refractivity contribution in [2.24, 2.45) is 0 Å². The number of para-hydroxylation sites is 2. The van der Waals surface area contributed by atoms with Gasteiger partial charge in [0.1, 0.15) is 11.4 Å². The normalized spacial score (nSPS) is 11.9. The topological polar surface area (TPSA) is 134 Å². The number of fused-ring (bicyclic) bond motifs is 1. The molecule has 1 heterocycles. The molecule has 9 nitrogen and oxygen atoms in total. The summed E-state index contributed by atoms with van der Waals surface area (Å²) < 4.78 is 32.2. The molecule has 1 amide bonds. The number of hydrogen-bond donors (Lipinski definition) is 2. The van der Waals surface area contributed by atoms with Gasteiger partial charge in [0.15, 0.2) is 11.1 Å². The number of amides is 1. The van der Waals surface area contributed by atoms with Crippen molar-refractivity contribution in [3.05, 3.63) is 84.1 Å². The lowest BCUT2D eigenvalue weighted by Crippen LogP contribution is -2.18. The zero-order chi connectivity index (χ0) is 26.4. The van der Waals surface area contributed by atoms with Gasteiger partial charge in [0.25, 0.3) is 0 Å². The second-order valence-corrected chi connectivity index (χ2v) is 10.3. The first-order valence-electron chi connectivity index (χ1n) is 11.5. The molecule has 4 rings (SSSR count). The van der Waals surface area contributed by atoms with E-state index in [0.717, 1.165) is 11.3 Å². The highest BCUT2D eigenvalue weighted by Crippen LogP contribution is 2.32. The minimum absolute atomic E-state index is 0.0295. The molecule has 37 heavy (non-hydrogen) atoms. The van der Waals surface area contributed by atoms with Crippen LogP contribution >= 0.6 is 0 Å². The lowest BCUT2D eigenvalue weighted by molar-refractivity contribution is -0.114. The van der Waals surface area contributed by atoms with Crippen LogP contribution in [0.25, 0.3) is 11.0 Å². The predicted molar refractivity (Wildman–Crippen MR) is 141 cm³/mol. The Morgan fingerprint density at radius 1 is 1.00 bits per heavy atom. The highest BCUT2D eigenvalue weighted by atomic mass is 32.2. The Kier molecular flexibility index (Phi) is 7.65. The smallest absolute Gasteiger partial charge is 0.221 e. The highest BCUT2D eigenvalue weighted by Gasteiger charge is 2.33. The summed E-state index contributed by atoms with van der Waals surface area (Å²) in [5, 5.41) is 14.2. The Labute approximate surface area is 215 Å². The van der Waals surface area contributed by atoms with Gasteiger partial charge in [-0.1, -0.05) is 24.3 Å². The second kappa shape index (κ2) is 11.1. The fourth-order valence-electron chi connectivity index (χ4n) is 3.79. The minimum atomic E-state index is -4.16. The number of rotatable bonds is 9. The van der Waals surface area contributed by atoms with E-state index in [4.69, 9.17) is 4.74 Å². The lowest BCUT2D eigenvalue weighted by atomic mass is 10.1. The molecule has 1 atom stereocenters. The van der Waals surface area contributed by atoms with Crippen LogP contribution in [-0.2, 0) is 21.1 Å². The maximum atomic E-state index is 13.5. The van der Waals surface area contributed by atoms with E-state index >= 15 is 0 Å². The molecular weight excluding hydrogens is 490 g/mol. The van der Waals surface area contributed by atoms with Crippen molar-refractivity contribution in [1.82, 2.24) is 9.97 Å². The van der Waals surface area contributed by atoms with Gasteiger partial charge in [0, 0.05) is 19.2 Å². The fraction of sp³-hybridized carbons (Fsp3) is 0.185. The first-order chi connectivity index (χ1) is 17.8. The lowest BCUT2D eigenvalue weighted by Gasteiger charge is -2.16. The first kappa shape index (κ1) is 25.6. The molecule has 10 heteroatoms. The van der Waals surface area contributed by atoms with Crippen molar-refractivity contribution < 1.29 is 17.9 Å². The SMILES string of the molecule is COc1ccc(CCNc2nc3ccccc3nc2[C@H](C#N)S(=O)(=O)c2ccc(NC(C)=O)cc2)cc1. The van der Waals surface area contributed by atoms with Crippen LogP contribution in [-0.4, -0.2) is 37.9 Å². The van der Waals surface area contributed by atoms with Crippen LogP contribution in [0.15, 0.2) is 77.7 Å². The quantitative estimate of drug-likeness (QED) is 0.337. The summed E-state index contributed by atoms with van der Waals surface area (Å²) in [6, 6.07) is 22.3. The van der Waals surface area contributed by atoms with E-state index in [2.05, 4.69) is 20.6 Å². The molecule has 0 radical (unpaired) electrons. The van der Waals surface area contributed by atoms with Crippen molar-refractivity contribution in [2.45, 2.75) is 23.5 Å². The van der Waals surface area contributed by atoms with E-state index in [-0.39, 0.29) is 22.3 Å². The van der Waals surface area contributed by atoms with Crippen molar-refractivity contribution >= 4 is 38.3 Å². The molecule has 0 fully saturated rings. The molecular formula is C27H25N5O4S. The van der Waals surface area contributed by atoms with Gasteiger partial charge >= 0.3 is 0 Å². The Bertz CT molecular complexity index is 1560. The number of sulfone groups is 1. The molecule has 0 spiro atoms. The Morgan fingerprint density at radius 2 is 1.65 bits per heavy atom. The molecule has 3 aromatic carbocycles. The molecule has 0 aliphatic heterocycles. The van der Waals surface area contributed by atoms with E-state index in [0.29, 0.717) is 29.7 Å². The zero-order valence-electron chi connectivity index (χ0n) is 20.3. The fourth-order valence-corrected chi connectivity index (χ4v) is 5.17. The van der Waals surface area contributed by atoms with E-state index in [1.165, 1.54) is 31.2 Å². The van der Waals surface area contributed by atoms with Crippen LogP contribution in [0.3, 0.4) is 0 Å². The van der Waals surface area contributed by atoms with Crippen molar-refractivity contribution in [2.75, 3.05) is 24.3 Å². The Hall–Kier alpha value is -4.49. The molecule has 0 aliphatic carbocycles. The van der Waals surface area contributed by atoms with E-state index in [1.54, 1.807) is 25.3 Å². The second-order valence-electron chi connectivity index (χ2n) is 8.23. The van der Waals surface area contributed by atoms with Crippen molar-refractivity contribution in [1.29, 1.82) is 5.26 Å². The summed E-state index contributed by atoms with van der Waals surface area (Å²) in [4.78, 5) is 20.4. The van der Waals surface area contributed by atoms with Gasteiger partial charge in [-0.05, 0) is 60.5 Å². The highest BCUT2D eigenvalue weighted by molar-refractivity contribution is 7.92. The van der Waals surface area contributed by atoms with Crippen LogP contribution in [0.1, 0.15) is 23.4 Å². The standard InChI is InChI=1S/C27H25N5O4S/c1-18(33)30-20-9-13-22(14-10-20)37(34,35)25(17-28)26-27(32-24-6-4-3-5-23(24)31-26)29-16-15-19-7-11-21(36-2)12-8-19/h3-14,25H,15-16H2,1-2H3,(H,29,32)(H,30,33)/t25-/m0/s1. The summed E-state index contributed by atoms with van der Waals surface area (Å²) in [5.41, 5.74) is 2.59. The van der Waals surface area contributed by atoms with Gasteiger partial charge in [0.2, 0.25) is 15.7 Å². The summed E-state index contributed by atoms with van der Waals surface area (Å²) >= 11 is 0. The first-order valence-corrected chi connectivity index (χ1v) is 13.0. The van der Waals surface area contributed by atoms with Crippen LogP contribution in [0.2, 0.25) is 0 Å². The summed E-state index contributed by atoms with van der Waals surface area (Å²) in [6.07, 6.45) is 0.631. The van der Waals surface area contributed by atoms with Crippen molar-refractivity contribution in [3.63, 3.8) is 0 Å². The average Bonchev–Trinajstić information content (AvgIpc) is 2.89. The van der Waals surface area contributed by atoms with Crippen LogP contribution in [0.4, 0.5) is 11.5 Å². The van der Waals surface area contributed by atoms with Crippen LogP contribution < -0.4 is 15.4 Å². The number of benzene rings is 3. The minimum Gasteiger partial charge on any atom is -0.497 e. The number of nitriles is 1. The molecule has 0 saturated carbocycles. The van der Waals surface area contributed by atoms with Gasteiger partial charge in [0.05, 0.1) is 29.1 Å². The summed E-state index contributed by atoms with van der Waals surface area (Å²) in [5.74, 6) is 0.714. The third kappa shape index (κ3) is 5.85. The average molecular weight is 516 g/mol. The molecule has 0 unspecified atom stereocenters. The van der Waals surface area contributed by atoms with Gasteiger partial charge in [-0.2, -0.15) is 5.26 Å². The van der Waals surface area contributed by atoms with Crippen molar-refractivity contribution in [3.8, 4) is 11.8 Å². The molecule has 0 saturated heterocycles. The van der Waals surface area contributed by atoms with Gasteiger partial charge < -0.3 is 15.4 Å². The molecule has 4 aromatic rings. The summed E-state index contributed by atoms with van der Waals surface area (Å²) in [6.45, 7) is 1.80. The number of nitrogens with one attached hydrogen (secondary N) is 2. The Morgan fingerprint density at radius 3 is 2.24 bits per heavy atom. The van der Waals surface area contributed by atoms with E-state index in [1.807, 2.05) is 36.4 Å². The summed E-state index contributed by atoms with van der Waals surface area (Å²) in [7, 11) is -2.55. The number of anilines is 2. The van der Waals surface area contributed by atoms with E-state index < -0.39 is 15.1 Å². The van der Waals surface area contributed by atoms with Gasteiger partial charge in [-0.25, -0.2) is 18.4 Å². The number of carbonyl (C=O) groups is 1. The number of ether oxygens (including phenoxy) is 1. The van der Waals surface area contributed by atoms with Gasteiger partial charge in [-0.15, -0.1) is 0 Å². The molecule has 0 bridgehead atoms. The van der Waals surface area contributed by atoms with Crippen LogP contribution in [0.5, 0.6) is 5.75 Å².